The van der Waals surface area contributed by atoms with Crippen molar-refractivity contribution in [2.24, 2.45) is 0 Å². The number of hydrogen-bond acceptors (Lipinski definition) is 6. The van der Waals surface area contributed by atoms with Gasteiger partial charge in [-0.25, -0.2) is 9.13 Å². The third kappa shape index (κ3) is 6.01. The monoisotopic (exact) mass is 628 g/mol. The second-order valence-corrected chi connectivity index (χ2v) is 14.3. The summed E-state index contributed by atoms with van der Waals surface area (Å²) in [5, 5.41) is 1.37. The number of hydrogen-bond donors (Lipinski definition) is 0. The summed E-state index contributed by atoms with van der Waals surface area (Å²) >= 11 is 0. The van der Waals surface area contributed by atoms with Gasteiger partial charge < -0.3 is 9.05 Å². The van der Waals surface area contributed by atoms with E-state index in [-0.39, 0.29) is 0 Å². The minimum atomic E-state index is -3.36. The van der Waals surface area contributed by atoms with Crippen molar-refractivity contribution in [3.8, 4) is 0 Å². The number of benzene rings is 4. The summed E-state index contributed by atoms with van der Waals surface area (Å²) in [6.45, 7) is 12.1. The Hall–Kier alpha value is -3.66. The second-order valence-electron chi connectivity index (χ2n) is 10.6. The van der Waals surface area contributed by atoms with E-state index in [0.29, 0.717) is 35.3 Å². The topological polar surface area (TPSA) is 71.1 Å². The Morgan fingerprint density at radius 2 is 1.05 bits per heavy atom. The lowest BCUT2D eigenvalue weighted by atomic mass is 9.95. The zero-order valence-electron chi connectivity index (χ0n) is 26.0. The predicted molar refractivity (Wildman–Crippen MR) is 179 cm³/mol. The average molecular weight is 629 g/mol. The molecule has 0 saturated carbocycles. The lowest BCUT2D eigenvalue weighted by Gasteiger charge is -2.30. The molecular weight excluding hydrogens is 590 g/mol. The molecule has 0 bridgehead atoms. The number of rotatable bonds is 6. The normalized spacial score (nSPS) is 20.5. The Morgan fingerprint density at radius 1 is 0.568 bits per heavy atom. The van der Waals surface area contributed by atoms with Gasteiger partial charge in [0, 0.05) is 22.3 Å². The van der Waals surface area contributed by atoms with Gasteiger partial charge in [0.1, 0.15) is 11.5 Å². The highest BCUT2D eigenvalue weighted by atomic mass is 31.2. The van der Waals surface area contributed by atoms with Crippen LogP contribution in [0.3, 0.4) is 0 Å². The van der Waals surface area contributed by atoms with E-state index < -0.39 is 15.2 Å². The van der Waals surface area contributed by atoms with Crippen LogP contribution in [-0.2, 0) is 27.2 Å². The first-order valence-corrected chi connectivity index (χ1v) is 17.8. The fraction of sp³-hybridized carbons (Fsp3) is 0.222. The predicted octanol–water partition coefficient (Wildman–Crippen LogP) is 9.43. The summed E-state index contributed by atoms with van der Waals surface area (Å²) in [7, 11) is -6.67. The molecule has 0 radical (unpaired) electrons. The first kappa shape index (κ1) is 31.8. The van der Waals surface area contributed by atoms with Crippen molar-refractivity contribution in [1.82, 2.24) is 0 Å². The molecule has 4 aromatic rings. The van der Waals surface area contributed by atoms with Crippen LogP contribution in [-0.4, -0.2) is 13.2 Å². The molecule has 0 amide bonds. The highest BCUT2D eigenvalue weighted by molar-refractivity contribution is 7.63. The van der Waals surface area contributed by atoms with Crippen LogP contribution in [0.5, 0.6) is 0 Å². The van der Waals surface area contributed by atoms with Gasteiger partial charge in [0.25, 0.3) is 0 Å². The molecule has 2 aliphatic rings. The van der Waals surface area contributed by atoms with E-state index in [4.69, 9.17) is 18.1 Å². The summed E-state index contributed by atoms with van der Waals surface area (Å²) in [6, 6.07) is 31.6. The Kier molecular flexibility index (Phi) is 9.48. The Balaban J connectivity index is 0.000000175. The van der Waals surface area contributed by atoms with Crippen molar-refractivity contribution in [3.63, 3.8) is 0 Å². The number of aryl methyl sites for hydroxylation is 2. The molecule has 0 spiro atoms. The van der Waals surface area contributed by atoms with E-state index in [0.717, 1.165) is 44.5 Å². The van der Waals surface area contributed by atoms with E-state index in [2.05, 4.69) is 0 Å². The molecule has 4 aromatic carbocycles. The van der Waals surface area contributed by atoms with Crippen molar-refractivity contribution in [2.75, 3.05) is 13.2 Å². The van der Waals surface area contributed by atoms with Gasteiger partial charge in [0.2, 0.25) is 0 Å². The molecule has 0 fully saturated rings. The third-order valence-corrected chi connectivity index (χ3v) is 12.0. The van der Waals surface area contributed by atoms with Gasteiger partial charge in [-0.2, -0.15) is 0 Å². The van der Waals surface area contributed by atoms with Crippen molar-refractivity contribution in [2.45, 2.75) is 41.5 Å². The van der Waals surface area contributed by atoms with E-state index >= 15 is 0 Å². The SMILES string of the molecule is CCOP1(=O)OC(C)=C(c2ccccc2)c2cccc(C)c21.CCOP1(=O)OC(c2ccccc2)=C(C)c2cccc(C)c21. The van der Waals surface area contributed by atoms with Crippen molar-refractivity contribution in [3.05, 3.63) is 136 Å². The molecule has 2 unspecified atom stereocenters. The molecular formula is C36H38O6P2. The summed E-state index contributed by atoms with van der Waals surface area (Å²) in [5.41, 5.74) is 7.66. The maximum atomic E-state index is 13.3. The molecule has 6 nitrogen and oxygen atoms in total. The molecule has 0 saturated heterocycles. The molecule has 0 aromatic heterocycles. The van der Waals surface area contributed by atoms with Crippen LogP contribution in [0.15, 0.2) is 103 Å². The molecule has 2 atom stereocenters. The summed E-state index contributed by atoms with van der Waals surface area (Å²) in [5.74, 6) is 1.27. The minimum absolute atomic E-state index is 0.339. The summed E-state index contributed by atoms with van der Waals surface area (Å²) in [6.07, 6.45) is 0. The Morgan fingerprint density at radius 3 is 1.59 bits per heavy atom. The highest BCUT2D eigenvalue weighted by Gasteiger charge is 2.40. The first-order valence-electron chi connectivity index (χ1n) is 14.8. The molecule has 44 heavy (non-hydrogen) atoms. The van der Waals surface area contributed by atoms with E-state index in [1.54, 1.807) is 0 Å². The molecule has 2 heterocycles. The highest BCUT2D eigenvalue weighted by Crippen LogP contribution is 2.57. The fourth-order valence-corrected chi connectivity index (χ4v) is 9.90. The van der Waals surface area contributed by atoms with E-state index in [1.807, 2.05) is 139 Å². The van der Waals surface area contributed by atoms with Gasteiger partial charge in [0.15, 0.2) is 0 Å². The molecule has 8 heteroatoms. The smallest absolute Gasteiger partial charge is 0.411 e. The zero-order valence-corrected chi connectivity index (χ0v) is 27.8. The number of allylic oxidation sites excluding steroid dienone is 2. The molecule has 0 aliphatic carbocycles. The molecule has 6 rings (SSSR count). The van der Waals surface area contributed by atoms with Crippen LogP contribution in [0.25, 0.3) is 16.9 Å². The first-order chi connectivity index (χ1) is 21.1. The maximum Gasteiger partial charge on any atom is 0.411 e. The maximum absolute atomic E-state index is 13.3. The summed E-state index contributed by atoms with van der Waals surface area (Å²) in [4.78, 5) is 0. The fourth-order valence-electron chi connectivity index (χ4n) is 5.71. The van der Waals surface area contributed by atoms with E-state index in [1.165, 1.54) is 0 Å². The van der Waals surface area contributed by atoms with Gasteiger partial charge in [0.05, 0.1) is 23.8 Å². The molecule has 228 valence electrons. The zero-order chi connectivity index (χ0) is 31.5. The van der Waals surface area contributed by atoms with Gasteiger partial charge in [-0.05, 0) is 63.8 Å². The standard InChI is InChI=1S/2C18H19O3P/c1-4-20-22(19)18-13(2)9-8-12-16(18)17(14(3)21-22)15-10-6-5-7-11-15;1-4-20-22(19)18-13(2)9-8-12-16(18)14(3)17(21-22)15-10-6-5-7-11-15/h2*5-12H,4H2,1-3H3. The van der Waals surface area contributed by atoms with Gasteiger partial charge >= 0.3 is 15.2 Å². The van der Waals surface area contributed by atoms with Crippen molar-refractivity contribution < 1.29 is 27.2 Å². The Bertz CT molecular complexity index is 1830. The van der Waals surface area contributed by atoms with Crippen LogP contribution in [0.2, 0.25) is 0 Å². The lowest BCUT2D eigenvalue weighted by molar-refractivity contribution is 0.259. The lowest BCUT2D eigenvalue weighted by Crippen LogP contribution is -2.22. The Labute approximate surface area is 260 Å². The van der Waals surface area contributed by atoms with Crippen molar-refractivity contribution >= 4 is 42.7 Å². The summed E-state index contributed by atoms with van der Waals surface area (Å²) < 4.78 is 49.4. The van der Waals surface area contributed by atoms with Gasteiger partial charge in [-0.1, -0.05) is 97.1 Å². The van der Waals surface area contributed by atoms with Crippen LogP contribution in [0.4, 0.5) is 0 Å². The second kappa shape index (κ2) is 13.1. The third-order valence-electron chi connectivity index (χ3n) is 7.55. The molecule has 2 aliphatic heterocycles. The van der Waals surface area contributed by atoms with Crippen molar-refractivity contribution in [1.29, 1.82) is 0 Å². The quantitative estimate of drug-likeness (QED) is 0.198. The largest absolute Gasteiger partial charge is 0.425 e. The van der Waals surface area contributed by atoms with Crippen LogP contribution < -0.4 is 10.6 Å². The van der Waals surface area contributed by atoms with Crippen LogP contribution in [0, 0.1) is 13.8 Å². The average Bonchev–Trinajstić information content (AvgIpc) is 3.00. The van der Waals surface area contributed by atoms with Gasteiger partial charge in [-0.15, -0.1) is 0 Å². The number of fused-ring (bicyclic) bond motifs is 2. The minimum Gasteiger partial charge on any atom is -0.425 e. The van der Waals surface area contributed by atoms with Crippen LogP contribution >= 0.6 is 15.2 Å². The van der Waals surface area contributed by atoms with E-state index in [9.17, 15) is 9.13 Å². The molecule has 0 N–H and O–H groups in total. The van der Waals surface area contributed by atoms with Crippen LogP contribution in [0.1, 0.15) is 61.1 Å². The van der Waals surface area contributed by atoms with Gasteiger partial charge in [-0.3, -0.25) is 9.05 Å².